The van der Waals surface area contributed by atoms with Gasteiger partial charge in [-0.3, -0.25) is 0 Å². The molecule has 0 aromatic heterocycles. The van der Waals surface area contributed by atoms with Gasteiger partial charge in [0.05, 0.1) is 0 Å². The second-order valence-corrected chi connectivity index (χ2v) is 4.32. The van der Waals surface area contributed by atoms with Crippen molar-refractivity contribution in [3.05, 3.63) is 35.4 Å². The van der Waals surface area contributed by atoms with Crippen LogP contribution in [0.15, 0.2) is 24.3 Å². The maximum Gasteiger partial charge on any atom is 0.403 e. The van der Waals surface area contributed by atoms with Crippen LogP contribution in [-0.4, -0.2) is 12.2 Å². The molecule has 1 nitrogen and oxygen atoms in total. The third-order valence-electron chi connectivity index (χ3n) is 2.89. The third kappa shape index (κ3) is 4.77. The first-order chi connectivity index (χ1) is 7.91. The SMILES string of the molecule is Cc1ccccc1CCCC[C@H](N)C(F)(F)F. The van der Waals surface area contributed by atoms with Crippen molar-refractivity contribution in [2.45, 2.75) is 44.8 Å². The van der Waals surface area contributed by atoms with Crippen molar-refractivity contribution >= 4 is 0 Å². The number of rotatable bonds is 5. The predicted octanol–water partition coefficient (Wildman–Crippen LogP) is 3.60. The molecule has 1 aromatic rings. The molecule has 96 valence electrons. The van der Waals surface area contributed by atoms with E-state index in [-0.39, 0.29) is 6.42 Å². The molecule has 0 saturated carbocycles. The van der Waals surface area contributed by atoms with E-state index >= 15 is 0 Å². The summed E-state index contributed by atoms with van der Waals surface area (Å²) in [5.41, 5.74) is 7.42. The molecule has 0 amide bonds. The fraction of sp³-hybridized carbons (Fsp3) is 0.538. The first-order valence-electron chi connectivity index (χ1n) is 5.78. The molecule has 4 heteroatoms. The average molecular weight is 245 g/mol. The Hall–Kier alpha value is -1.03. The molecule has 0 heterocycles. The van der Waals surface area contributed by atoms with Gasteiger partial charge in [-0.05, 0) is 37.3 Å². The summed E-state index contributed by atoms with van der Waals surface area (Å²) in [5, 5.41) is 0. The summed E-state index contributed by atoms with van der Waals surface area (Å²) in [6, 6.07) is 6.25. The highest BCUT2D eigenvalue weighted by Crippen LogP contribution is 2.22. The monoisotopic (exact) mass is 245 g/mol. The highest BCUT2D eigenvalue weighted by molar-refractivity contribution is 5.25. The minimum Gasteiger partial charge on any atom is -0.320 e. The van der Waals surface area contributed by atoms with Crippen LogP contribution in [0.3, 0.4) is 0 Å². The van der Waals surface area contributed by atoms with E-state index < -0.39 is 12.2 Å². The first kappa shape index (κ1) is 14.0. The Morgan fingerprint density at radius 2 is 1.82 bits per heavy atom. The fourth-order valence-electron chi connectivity index (χ4n) is 1.73. The van der Waals surface area contributed by atoms with Crippen LogP contribution in [0.1, 0.15) is 30.4 Å². The second kappa shape index (κ2) is 6.05. The Kier molecular flexibility index (Phi) is 5.00. The lowest BCUT2D eigenvalue weighted by molar-refractivity contribution is -0.149. The molecular weight excluding hydrogens is 227 g/mol. The van der Waals surface area contributed by atoms with E-state index in [0.717, 1.165) is 12.8 Å². The molecule has 0 saturated heterocycles. The quantitative estimate of drug-likeness (QED) is 0.788. The van der Waals surface area contributed by atoms with Gasteiger partial charge in [0.15, 0.2) is 0 Å². The van der Waals surface area contributed by atoms with Gasteiger partial charge in [0.2, 0.25) is 0 Å². The zero-order valence-electron chi connectivity index (χ0n) is 9.93. The summed E-state index contributed by atoms with van der Waals surface area (Å²) < 4.78 is 36.4. The molecule has 2 N–H and O–H groups in total. The van der Waals surface area contributed by atoms with Crippen molar-refractivity contribution in [3.63, 3.8) is 0 Å². The maximum atomic E-state index is 12.1. The summed E-state index contributed by atoms with van der Waals surface area (Å²) in [6.45, 7) is 2.01. The lowest BCUT2D eigenvalue weighted by Crippen LogP contribution is -2.37. The van der Waals surface area contributed by atoms with Crippen molar-refractivity contribution in [2.24, 2.45) is 5.73 Å². The Morgan fingerprint density at radius 3 is 2.41 bits per heavy atom. The topological polar surface area (TPSA) is 26.0 Å². The van der Waals surface area contributed by atoms with Gasteiger partial charge in [0, 0.05) is 0 Å². The number of alkyl halides is 3. The Balaban J connectivity index is 2.28. The van der Waals surface area contributed by atoms with Crippen LogP contribution in [0.4, 0.5) is 13.2 Å². The van der Waals surface area contributed by atoms with E-state index in [1.165, 1.54) is 11.1 Å². The number of benzene rings is 1. The summed E-state index contributed by atoms with van der Waals surface area (Å²) in [5.74, 6) is 0. The Bertz CT molecular complexity index is 347. The van der Waals surface area contributed by atoms with Gasteiger partial charge in [-0.25, -0.2) is 0 Å². The number of nitrogens with two attached hydrogens (primary N) is 1. The van der Waals surface area contributed by atoms with Crippen molar-refractivity contribution in [3.8, 4) is 0 Å². The van der Waals surface area contributed by atoms with Crippen LogP contribution in [-0.2, 0) is 6.42 Å². The molecule has 0 aliphatic rings. The van der Waals surface area contributed by atoms with Gasteiger partial charge >= 0.3 is 6.18 Å². The van der Waals surface area contributed by atoms with E-state index in [4.69, 9.17) is 5.73 Å². The van der Waals surface area contributed by atoms with Crippen LogP contribution in [0, 0.1) is 6.92 Å². The summed E-state index contributed by atoms with van der Waals surface area (Å²) >= 11 is 0. The van der Waals surface area contributed by atoms with Crippen molar-refractivity contribution < 1.29 is 13.2 Å². The van der Waals surface area contributed by atoms with Crippen molar-refractivity contribution in [1.82, 2.24) is 0 Å². The molecule has 1 aromatic carbocycles. The molecular formula is C13H18F3N. The molecule has 1 atom stereocenters. The van der Waals surface area contributed by atoms with Crippen LogP contribution in [0.25, 0.3) is 0 Å². The second-order valence-electron chi connectivity index (χ2n) is 4.32. The van der Waals surface area contributed by atoms with Crippen molar-refractivity contribution in [1.29, 1.82) is 0 Å². The van der Waals surface area contributed by atoms with Gasteiger partial charge in [-0.1, -0.05) is 30.7 Å². The molecule has 0 aliphatic carbocycles. The molecule has 0 unspecified atom stereocenters. The van der Waals surface area contributed by atoms with Gasteiger partial charge in [-0.15, -0.1) is 0 Å². The summed E-state index contributed by atoms with van der Waals surface area (Å²) in [6.07, 6.45) is -2.18. The molecule has 0 radical (unpaired) electrons. The van der Waals surface area contributed by atoms with Gasteiger partial charge in [0.25, 0.3) is 0 Å². The van der Waals surface area contributed by atoms with Crippen LogP contribution in [0.5, 0.6) is 0 Å². The normalized spacial score (nSPS) is 13.7. The number of hydrogen-bond acceptors (Lipinski definition) is 1. The molecule has 17 heavy (non-hydrogen) atoms. The molecule has 0 fully saturated rings. The predicted molar refractivity (Wildman–Crippen MR) is 62.8 cm³/mol. The fourth-order valence-corrected chi connectivity index (χ4v) is 1.73. The standard InChI is InChI=1S/C13H18F3N/c1-10-6-2-3-7-11(10)8-4-5-9-12(17)13(14,15)16/h2-3,6-7,12H,4-5,8-9,17H2,1H3/t12-/m0/s1. The Labute approximate surface area is 99.8 Å². The summed E-state index contributed by atoms with van der Waals surface area (Å²) in [7, 11) is 0. The van der Waals surface area contributed by atoms with Crippen LogP contribution >= 0.6 is 0 Å². The van der Waals surface area contributed by atoms with Crippen LogP contribution in [0.2, 0.25) is 0 Å². The number of halogens is 3. The number of aryl methyl sites for hydroxylation is 2. The highest BCUT2D eigenvalue weighted by atomic mass is 19.4. The zero-order valence-corrected chi connectivity index (χ0v) is 9.93. The van der Waals surface area contributed by atoms with E-state index in [1.807, 2.05) is 31.2 Å². The van der Waals surface area contributed by atoms with Gasteiger partial charge in [0.1, 0.15) is 6.04 Å². The molecule has 0 bridgehead atoms. The van der Waals surface area contributed by atoms with Gasteiger partial charge < -0.3 is 5.73 Å². The van der Waals surface area contributed by atoms with E-state index in [2.05, 4.69) is 0 Å². The minimum atomic E-state index is -4.26. The van der Waals surface area contributed by atoms with Crippen LogP contribution < -0.4 is 5.73 Å². The highest BCUT2D eigenvalue weighted by Gasteiger charge is 2.35. The van der Waals surface area contributed by atoms with E-state index in [9.17, 15) is 13.2 Å². The maximum absolute atomic E-state index is 12.1. The lowest BCUT2D eigenvalue weighted by Gasteiger charge is -2.15. The number of unbranched alkanes of at least 4 members (excludes halogenated alkanes) is 1. The van der Waals surface area contributed by atoms with E-state index in [0.29, 0.717) is 6.42 Å². The third-order valence-corrected chi connectivity index (χ3v) is 2.89. The smallest absolute Gasteiger partial charge is 0.320 e. The summed E-state index contributed by atoms with van der Waals surface area (Å²) in [4.78, 5) is 0. The molecule has 1 rings (SSSR count). The Morgan fingerprint density at radius 1 is 1.18 bits per heavy atom. The van der Waals surface area contributed by atoms with Gasteiger partial charge in [-0.2, -0.15) is 13.2 Å². The lowest BCUT2D eigenvalue weighted by atomic mass is 10.0. The first-order valence-corrected chi connectivity index (χ1v) is 5.78. The zero-order chi connectivity index (χ0) is 12.9. The number of hydrogen-bond donors (Lipinski definition) is 1. The van der Waals surface area contributed by atoms with Crippen molar-refractivity contribution in [2.75, 3.05) is 0 Å². The molecule has 0 spiro atoms. The largest absolute Gasteiger partial charge is 0.403 e. The average Bonchev–Trinajstić information content (AvgIpc) is 2.25. The minimum absolute atomic E-state index is 0.00931. The van der Waals surface area contributed by atoms with E-state index in [1.54, 1.807) is 0 Å². The molecule has 0 aliphatic heterocycles.